The summed E-state index contributed by atoms with van der Waals surface area (Å²) in [5, 5.41) is 0. The van der Waals surface area contributed by atoms with E-state index >= 15 is 0 Å². The lowest BCUT2D eigenvalue weighted by Gasteiger charge is -2.25. The fourth-order valence-electron chi connectivity index (χ4n) is 1.60. The molecule has 0 spiro atoms. The van der Waals surface area contributed by atoms with E-state index in [9.17, 15) is 13.2 Å². The molecule has 8 heteroatoms. The van der Waals surface area contributed by atoms with Gasteiger partial charge in [0.05, 0.1) is 12.2 Å². The highest BCUT2D eigenvalue weighted by Crippen LogP contribution is 2.27. The van der Waals surface area contributed by atoms with Gasteiger partial charge in [-0.05, 0) is 13.8 Å². The number of alkyl halides is 4. The van der Waals surface area contributed by atoms with Gasteiger partial charge in [-0.2, -0.15) is 13.2 Å². The van der Waals surface area contributed by atoms with Crippen molar-refractivity contribution in [3.05, 3.63) is 11.9 Å². The smallest absolute Gasteiger partial charge is 0.405 e. The summed E-state index contributed by atoms with van der Waals surface area (Å²) in [5.41, 5.74) is 0.471. The second kappa shape index (κ2) is 6.79. The van der Waals surface area contributed by atoms with E-state index in [-0.39, 0.29) is 24.1 Å². The van der Waals surface area contributed by atoms with Gasteiger partial charge in [-0.1, -0.05) is 0 Å². The molecule has 0 saturated carbocycles. The Kier molecular flexibility index (Phi) is 5.65. The number of aromatic nitrogens is 2. The maximum atomic E-state index is 12.5. The predicted octanol–water partition coefficient (Wildman–Crippen LogP) is 2.79. The molecule has 1 aromatic rings. The first-order chi connectivity index (χ1) is 8.89. The van der Waals surface area contributed by atoms with Crippen LogP contribution in [-0.2, 0) is 0 Å². The topological polar surface area (TPSA) is 38.3 Å². The van der Waals surface area contributed by atoms with Crippen molar-refractivity contribution < 1.29 is 17.9 Å². The molecule has 0 saturated heterocycles. The van der Waals surface area contributed by atoms with E-state index in [0.29, 0.717) is 12.2 Å². The van der Waals surface area contributed by atoms with E-state index in [1.54, 1.807) is 13.8 Å². The summed E-state index contributed by atoms with van der Waals surface area (Å²) in [6.45, 7) is 2.71. The third-order valence-corrected chi connectivity index (χ3v) is 2.49. The Morgan fingerprint density at radius 1 is 1.37 bits per heavy atom. The molecule has 0 unspecified atom stereocenters. The maximum absolute atomic E-state index is 12.5. The van der Waals surface area contributed by atoms with Gasteiger partial charge in [0.2, 0.25) is 5.88 Å². The Balaban J connectivity index is 3.05. The molecule has 1 heterocycles. The molecular weight excluding hydrogens is 283 g/mol. The molecule has 0 atom stereocenters. The normalized spacial score (nSPS) is 11.5. The molecule has 19 heavy (non-hydrogen) atoms. The molecule has 0 aliphatic heterocycles. The van der Waals surface area contributed by atoms with Crippen molar-refractivity contribution in [2.45, 2.75) is 20.0 Å². The molecular formula is C11H15ClF3N3O. The van der Waals surface area contributed by atoms with Gasteiger partial charge in [-0.3, -0.25) is 0 Å². The first-order valence-corrected chi connectivity index (χ1v) is 6.24. The summed E-state index contributed by atoms with van der Waals surface area (Å²) in [4.78, 5) is 8.87. The molecule has 0 amide bonds. The maximum Gasteiger partial charge on any atom is 0.405 e. The van der Waals surface area contributed by atoms with Crippen LogP contribution in [0.25, 0.3) is 0 Å². The van der Waals surface area contributed by atoms with Crippen molar-refractivity contribution in [3.8, 4) is 5.88 Å². The third kappa shape index (κ3) is 4.74. The molecule has 108 valence electrons. The summed E-state index contributed by atoms with van der Waals surface area (Å²) < 4.78 is 42.9. The quantitative estimate of drug-likeness (QED) is 0.757. The number of hydrogen-bond donors (Lipinski definition) is 0. The fourth-order valence-corrected chi connectivity index (χ4v) is 1.81. The highest BCUT2D eigenvalue weighted by Gasteiger charge is 2.32. The Morgan fingerprint density at radius 3 is 2.58 bits per heavy atom. The van der Waals surface area contributed by atoms with Gasteiger partial charge in [0.1, 0.15) is 18.7 Å². The van der Waals surface area contributed by atoms with Crippen molar-refractivity contribution in [3.63, 3.8) is 0 Å². The van der Waals surface area contributed by atoms with Crippen molar-refractivity contribution in [1.29, 1.82) is 0 Å². The SMILES string of the molecule is CCOc1ncnc(N(CCCl)CC(F)(F)F)c1C. The van der Waals surface area contributed by atoms with E-state index in [0.717, 1.165) is 4.90 Å². The Hall–Kier alpha value is -1.24. The summed E-state index contributed by atoms with van der Waals surface area (Å²) >= 11 is 5.54. The fraction of sp³-hybridized carbons (Fsp3) is 0.636. The average molecular weight is 298 g/mol. The molecule has 0 aromatic carbocycles. The Morgan fingerprint density at radius 2 is 2.05 bits per heavy atom. The standard InChI is InChI=1S/C11H15ClF3N3O/c1-3-19-10-8(2)9(16-7-17-10)18(5-4-12)6-11(13,14)15/h7H,3-6H2,1-2H3. The number of anilines is 1. The van der Waals surface area contributed by atoms with Crippen LogP contribution in [0.15, 0.2) is 6.33 Å². The molecule has 0 aliphatic carbocycles. The van der Waals surface area contributed by atoms with Crippen molar-refractivity contribution in [2.24, 2.45) is 0 Å². The lowest BCUT2D eigenvalue weighted by Crippen LogP contribution is -2.36. The second-order valence-corrected chi connectivity index (χ2v) is 4.16. The van der Waals surface area contributed by atoms with Gasteiger partial charge < -0.3 is 9.64 Å². The zero-order chi connectivity index (χ0) is 14.5. The van der Waals surface area contributed by atoms with Crippen molar-refractivity contribution >= 4 is 17.4 Å². The number of halogens is 4. The largest absolute Gasteiger partial charge is 0.478 e. The highest BCUT2D eigenvalue weighted by molar-refractivity contribution is 6.18. The van der Waals surface area contributed by atoms with Crippen LogP contribution in [0.2, 0.25) is 0 Å². The first-order valence-electron chi connectivity index (χ1n) is 5.71. The molecule has 0 aliphatic rings. The third-order valence-electron chi connectivity index (χ3n) is 2.32. The van der Waals surface area contributed by atoms with E-state index in [2.05, 4.69) is 9.97 Å². The Bertz CT molecular complexity index is 415. The van der Waals surface area contributed by atoms with Gasteiger partial charge in [-0.25, -0.2) is 9.97 Å². The van der Waals surface area contributed by atoms with Crippen LogP contribution in [0.3, 0.4) is 0 Å². The monoisotopic (exact) mass is 297 g/mol. The van der Waals surface area contributed by atoms with Gasteiger partial charge in [0.15, 0.2) is 0 Å². The minimum Gasteiger partial charge on any atom is -0.478 e. The van der Waals surface area contributed by atoms with E-state index < -0.39 is 12.7 Å². The van der Waals surface area contributed by atoms with Gasteiger partial charge >= 0.3 is 6.18 Å². The molecule has 1 rings (SSSR count). The van der Waals surface area contributed by atoms with Crippen LogP contribution < -0.4 is 9.64 Å². The molecule has 0 fully saturated rings. The van der Waals surface area contributed by atoms with Crippen LogP contribution in [0.4, 0.5) is 19.0 Å². The highest BCUT2D eigenvalue weighted by atomic mass is 35.5. The average Bonchev–Trinajstić information content (AvgIpc) is 2.30. The Labute approximate surface area is 114 Å². The summed E-state index contributed by atoms with van der Waals surface area (Å²) in [6, 6.07) is 0. The zero-order valence-corrected chi connectivity index (χ0v) is 11.4. The lowest BCUT2D eigenvalue weighted by atomic mass is 10.3. The van der Waals surface area contributed by atoms with E-state index in [1.165, 1.54) is 6.33 Å². The first kappa shape index (κ1) is 15.8. The van der Waals surface area contributed by atoms with E-state index in [1.807, 2.05) is 0 Å². The second-order valence-electron chi connectivity index (χ2n) is 3.79. The van der Waals surface area contributed by atoms with Crippen LogP contribution in [0, 0.1) is 6.92 Å². The minimum atomic E-state index is -4.32. The van der Waals surface area contributed by atoms with Gasteiger partial charge in [-0.15, -0.1) is 11.6 Å². The number of hydrogen-bond acceptors (Lipinski definition) is 4. The number of rotatable bonds is 6. The molecule has 4 nitrogen and oxygen atoms in total. The molecule has 0 N–H and O–H groups in total. The van der Waals surface area contributed by atoms with Crippen LogP contribution >= 0.6 is 11.6 Å². The van der Waals surface area contributed by atoms with Gasteiger partial charge in [0, 0.05) is 12.4 Å². The zero-order valence-electron chi connectivity index (χ0n) is 10.7. The molecule has 0 radical (unpaired) electrons. The summed E-state index contributed by atoms with van der Waals surface area (Å²) in [7, 11) is 0. The van der Waals surface area contributed by atoms with Gasteiger partial charge in [0.25, 0.3) is 0 Å². The van der Waals surface area contributed by atoms with Crippen LogP contribution in [-0.4, -0.2) is 41.7 Å². The minimum absolute atomic E-state index is 0.0461. The molecule has 1 aromatic heterocycles. The predicted molar refractivity (Wildman–Crippen MR) is 66.9 cm³/mol. The summed E-state index contributed by atoms with van der Waals surface area (Å²) in [5.74, 6) is 0.550. The summed E-state index contributed by atoms with van der Waals surface area (Å²) in [6.07, 6.45) is -3.14. The van der Waals surface area contributed by atoms with Crippen LogP contribution in [0.1, 0.15) is 12.5 Å². The van der Waals surface area contributed by atoms with Crippen LogP contribution in [0.5, 0.6) is 5.88 Å². The van der Waals surface area contributed by atoms with E-state index in [4.69, 9.17) is 16.3 Å². The van der Waals surface area contributed by atoms with Crippen molar-refractivity contribution in [1.82, 2.24) is 9.97 Å². The number of nitrogens with zero attached hydrogens (tertiary/aromatic N) is 3. The van der Waals surface area contributed by atoms with Crippen molar-refractivity contribution in [2.75, 3.05) is 30.5 Å². The lowest BCUT2D eigenvalue weighted by molar-refractivity contribution is -0.119. The molecule has 0 bridgehead atoms. The number of ether oxygens (including phenoxy) is 1.